The lowest BCUT2D eigenvalue weighted by Gasteiger charge is -2.09. The van der Waals surface area contributed by atoms with E-state index in [0.717, 1.165) is 18.2 Å². The Hall–Kier alpha value is -2.34. The smallest absolute Gasteiger partial charge is 0.285 e. The number of thioether (sulfide) groups is 1. The number of nitrogens with one attached hydrogen (secondary N) is 1. The van der Waals surface area contributed by atoms with Gasteiger partial charge in [0.25, 0.3) is 11.1 Å². The van der Waals surface area contributed by atoms with Gasteiger partial charge in [0.15, 0.2) is 14.4 Å². The van der Waals surface area contributed by atoms with E-state index in [9.17, 15) is 22.4 Å². The SMILES string of the molecule is O=C1NC(=O)C(S(=O)(=O)c2ccc(F)c(CC#Cc3ccc(Cl)cc3)c2)S1. The molecule has 1 saturated heterocycles. The summed E-state index contributed by atoms with van der Waals surface area (Å²) in [6.45, 7) is 0. The predicted molar refractivity (Wildman–Crippen MR) is 101 cm³/mol. The van der Waals surface area contributed by atoms with Crippen molar-refractivity contribution >= 4 is 44.3 Å². The highest BCUT2D eigenvalue weighted by molar-refractivity contribution is 8.24. The molecule has 1 heterocycles. The summed E-state index contributed by atoms with van der Waals surface area (Å²) in [5.41, 5.74) is 0.758. The van der Waals surface area contributed by atoms with Crippen LogP contribution < -0.4 is 5.32 Å². The Kier molecular flexibility index (Phi) is 5.56. The summed E-state index contributed by atoms with van der Waals surface area (Å²) in [4.78, 5) is 22.7. The van der Waals surface area contributed by atoms with Gasteiger partial charge in [-0.25, -0.2) is 12.8 Å². The van der Waals surface area contributed by atoms with Crippen LogP contribution in [0.15, 0.2) is 47.4 Å². The largest absolute Gasteiger partial charge is 0.287 e. The molecule has 2 aromatic carbocycles. The van der Waals surface area contributed by atoms with Gasteiger partial charge in [0.1, 0.15) is 5.82 Å². The third kappa shape index (κ3) is 4.33. The molecule has 2 amide bonds. The number of halogens is 2. The fraction of sp³-hybridized carbons (Fsp3) is 0.111. The van der Waals surface area contributed by atoms with Crippen LogP contribution in [0, 0.1) is 17.7 Å². The van der Waals surface area contributed by atoms with Crippen molar-refractivity contribution < 1.29 is 22.4 Å². The molecule has 0 aromatic heterocycles. The Balaban J connectivity index is 1.85. The van der Waals surface area contributed by atoms with E-state index >= 15 is 0 Å². The van der Waals surface area contributed by atoms with Crippen LogP contribution in [-0.4, -0.2) is 24.1 Å². The minimum Gasteiger partial charge on any atom is -0.285 e. The van der Waals surface area contributed by atoms with Gasteiger partial charge in [-0.3, -0.25) is 14.9 Å². The summed E-state index contributed by atoms with van der Waals surface area (Å²) in [5, 5.41) is 1.76. The van der Waals surface area contributed by atoms with Crippen molar-refractivity contribution in [1.29, 1.82) is 0 Å². The van der Waals surface area contributed by atoms with Gasteiger partial charge in [0, 0.05) is 22.6 Å². The van der Waals surface area contributed by atoms with Crippen molar-refractivity contribution in [2.75, 3.05) is 0 Å². The number of sulfone groups is 1. The first-order valence-corrected chi connectivity index (χ1v) is 10.4. The maximum Gasteiger partial charge on any atom is 0.287 e. The molecule has 138 valence electrons. The van der Waals surface area contributed by atoms with Gasteiger partial charge in [0.2, 0.25) is 0 Å². The molecular weight excluding hydrogens is 413 g/mol. The van der Waals surface area contributed by atoms with Gasteiger partial charge in [-0.2, -0.15) is 0 Å². The van der Waals surface area contributed by atoms with Crippen molar-refractivity contribution in [2.24, 2.45) is 0 Å². The van der Waals surface area contributed by atoms with E-state index in [0.29, 0.717) is 22.3 Å². The quantitative estimate of drug-likeness (QED) is 0.606. The number of amides is 2. The highest BCUT2D eigenvalue weighted by Crippen LogP contribution is 2.30. The van der Waals surface area contributed by atoms with Gasteiger partial charge in [-0.15, -0.1) is 0 Å². The Morgan fingerprint density at radius 2 is 1.85 bits per heavy atom. The molecule has 1 aliphatic rings. The second-order valence-corrected chi connectivity index (χ2v) is 9.36. The van der Waals surface area contributed by atoms with E-state index in [-0.39, 0.29) is 16.9 Å². The van der Waals surface area contributed by atoms with Gasteiger partial charge in [0.05, 0.1) is 4.90 Å². The molecule has 0 radical (unpaired) electrons. The Labute approximate surface area is 164 Å². The van der Waals surface area contributed by atoms with E-state index in [2.05, 4.69) is 11.8 Å². The number of rotatable bonds is 3. The zero-order valence-corrected chi connectivity index (χ0v) is 15.9. The zero-order chi connectivity index (χ0) is 19.6. The minimum absolute atomic E-state index is 0.0270. The molecule has 1 unspecified atom stereocenters. The van der Waals surface area contributed by atoms with Crippen molar-refractivity contribution in [3.63, 3.8) is 0 Å². The van der Waals surface area contributed by atoms with Crippen LogP contribution in [0.3, 0.4) is 0 Å². The molecule has 0 saturated carbocycles. The molecule has 3 rings (SSSR count). The second-order valence-electron chi connectivity index (χ2n) is 5.51. The first-order chi connectivity index (χ1) is 12.8. The number of hydrogen-bond donors (Lipinski definition) is 1. The van der Waals surface area contributed by atoms with E-state index in [4.69, 9.17) is 11.6 Å². The molecule has 0 bridgehead atoms. The molecule has 1 N–H and O–H groups in total. The van der Waals surface area contributed by atoms with Crippen molar-refractivity contribution in [3.8, 4) is 11.8 Å². The molecule has 1 fully saturated rings. The number of carbonyl (C=O) groups is 2. The molecular formula is C18H11ClFNO4S2. The lowest BCUT2D eigenvalue weighted by atomic mass is 10.1. The summed E-state index contributed by atoms with van der Waals surface area (Å²) in [5.74, 6) is 4.10. The average molecular weight is 424 g/mol. The molecule has 27 heavy (non-hydrogen) atoms. The summed E-state index contributed by atoms with van der Waals surface area (Å²) in [6.07, 6.45) is -0.0270. The molecule has 1 aliphatic heterocycles. The highest BCUT2D eigenvalue weighted by atomic mass is 35.5. The van der Waals surface area contributed by atoms with Crippen LogP contribution in [-0.2, 0) is 21.1 Å². The van der Waals surface area contributed by atoms with E-state index in [1.165, 1.54) is 0 Å². The first-order valence-electron chi connectivity index (χ1n) is 7.55. The fourth-order valence-electron chi connectivity index (χ4n) is 2.31. The second kappa shape index (κ2) is 7.72. The predicted octanol–water partition coefficient (Wildman–Crippen LogP) is 3.16. The lowest BCUT2D eigenvalue weighted by molar-refractivity contribution is -0.117. The van der Waals surface area contributed by atoms with Crippen molar-refractivity contribution in [2.45, 2.75) is 15.9 Å². The summed E-state index contributed by atoms with van der Waals surface area (Å²) in [7, 11) is -4.14. The summed E-state index contributed by atoms with van der Waals surface area (Å²) in [6, 6.07) is 9.97. The van der Waals surface area contributed by atoms with E-state index in [1.54, 1.807) is 24.3 Å². The van der Waals surface area contributed by atoms with Gasteiger partial charge in [-0.1, -0.05) is 23.4 Å². The highest BCUT2D eigenvalue weighted by Gasteiger charge is 2.42. The standard InChI is InChI=1S/C18H11ClFNO4S2/c19-13-6-4-11(5-7-13)2-1-3-12-10-14(8-9-15(12)20)27(24,25)17-16(22)21-18(23)26-17/h4-10,17H,3H2,(H,21,22,23). The summed E-state index contributed by atoms with van der Waals surface area (Å²) >= 11 is 6.17. The number of hydrogen-bond acceptors (Lipinski definition) is 5. The van der Waals surface area contributed by atoms with Crippen LogP contribution in [0.2, 0.25) is 5.02 Å². The third-order valence-corrected chi connectivity index (χ3v) is 7.37. The van der Waals surface area contributed by atoms with E-state index < -0.39 is 31.4 Å². The third-order valence-electron chi connectivity index (χ3n) is 3.64. The van der Waals surface area contributed by atoms with Crippen LogP contribution in [0.5, 0.6) is 0 Å². The molecule has 0 spiro atoms. The van der Waals surface area contributed by atoms with Crippen LogP contribution >= 0.6 is 23.4 Å². The van der Waals surface area contributed by atoms with Crippen LogP contribution in [0.25, 0.3) is 0 Å². The topological polar surface area (TPSA) is 80.3 Å². The molecule has 1 atom stereocenters. The Morgan fingerprint density at radius 3 is 2.48 bits per heavy atom. The minimum atomic E-state index is -4.14. The maximum absolute atomic E-state index is 14.0. The lowest BCUT2D eigenvalue weighted by Crippen LogP contribution is -2.30. The van der Waals surface area contributed by atoms with Gasteiger partial charge >= 0.3 is 0 Å². The normalized spacial score (nSPS) is 16.6. The summed E-state index contributed by atoms with van der Waals surface area (Å²) < 4.78 is 37.6. The Bertz CT molecular complexity index is 1090. The van der Waals surface area contributed by atoms with Crippen LogP contribution in [0.1, 0.15) is 11.1 Å². The average Bonchev–Trinajstić information content (AvgIpc) is 2.97. The molecule has 9 heteroatoms. The van der Waals surface area contributed by atoms with E-state index in [1.807, 2.05) is 5.32 Å². The molecule has 5 nitrogen and oxygen atoms in total. The van der Waals surface area contributed by atoms with Gasteiger partial charge < -0.3 is 0 Å². The number of carbonyl (C=O) groups excluding carboxylic acids is 2. The first kappa shape index (κ1) is 19.4. The van der Waals surface area contributed by atoms with Gasteiger partial charge in [-0.05, 0) is 54.2 Å². The number of imide groups is 1. The van der Waals surface area contributed by atoms with Crippen LogP contribution in [0.4, 0.5) is 9.18 Å². The molecule has 2 aromatic rings. The van der Waals surface area contributed by atoms with Crippen molar-refractivity contribution in [3.05, 3.63) is 64.4 Å². The van der Waals surface area contributed by atoms with Crippen molar-refractivity contribution in [1.82, 2.24) is 5.32 Å². The maximum atomic E-state index is 14.0. The zero-order valence-electron chi connectivity index (χ0n) is 13.5. The molecule has 0 aliphatic carbocycles. The number of benzene rings is 2. The fourth-order valence-corrected chi connectivity index (χ4v) is 5.21. The monoisotopic (exact) mass is 423 g/mol. The Morgan fingerprint density at radius 1 is 1.15 bits per heavy atom.